The fraction of sp³-hybridized carbons (Fsp3) is 0.111. The Bertz CT molecular complexity index is 279. The number of aldehydes is 1. The maximum atomic E-state index is 9.99. The van der Waals surface area contributed by atoms with Gasteiger partial charge < -0.3 is 0 Å². The molecule has 1 aromatic heterocycles. The third kappa shape index (κ3) is 2.00. The molecule has 0 amide bonds. The van der Waals surface area contributed by atoms with Crippen LogP contribution in [0.15, 0.2) is 24.5 Å². The Balaban J connectivity index is 2.94. The molecule has 0 bridgehead atoms. The SMILES string of the molecule is Cc1cnccc1/C=C/C=O. The first kappa shape index (κ1) is 7.66. The third-order valence-electron chi connectivity index (χ3n) is 1.42. The largest absolute Gasteiger partial charge is 0.299 e. The van der Waals surface area contributed by atoms with Crippen LogP contribution in [0.1, 0.15) is 11.1 Å². The highest BCUT2D eigenvalue weighted by Gasteiger charge is 1.89. The maximum absolute atomic E-state index is 9.99. The molecule has 0 aromatic carbocycles. The van der Waals surface area contributed by atoms with E-state index in [0.29, 0.717) is 0 Å². The summed E-state index contributed by atoms with van der Waals surface area (Å²) in [6.07, 6.45) is 7.48. The van der Waals surface area contributed by atoms with Crippen LogP contribution in [0.4, 0.5) is 0 Å². The van der Waals surface area contributed by atoms with Gasteiger partial charge in [0.15, 0.2) is 0 Å². The lowest BCUT2D eigenvalue weighted by atomic mass is 10.1. The zero-order chi connectivity index (χ0) is 8.10. The Hall–Kier alpha value is -1.44. The lowest BCUT2D eigenvalue weighted by molar-refractivity contribution is -0.104. The van der Waals surface area contributed by atoms with Crippen LogP contribution in [0.3, 0.4) is 0 Å². The summed E-state index contributed by atoms with van der Waals surface area (Å²) < 4.78 is 0. The third-order valence-corrected chi connectivity index (χ3v) is 1.42. The van der Waals surface area contributed by atoms with E-state index in [4.69, 9.17) is 0 Å². The molecule has 0 unspecified atom stereocenters. The molecule has 2 heteroatoms. The molecule has 0 aliphatic rings. The van der Waals surface area contributed by atoms with Crippen LogP contribution in [-0.2, 0) is 4.79 Å². The van der Waals surface area contributed by atoms with Gasteiger partial charge in [-0.1, -0.05) is 6.08 Å². The molecular formula is C9H9NO. The van der Waals surface area contributed by atoms with Gasteiger partial charge >= 0.3 is 0 Å². The van der Waals surface area contributed by atoms with Crippen LogP contribution >= 0.6 is 0 Å². The highest BCUT2D eigenvalue weighted by atomic mass is 16.1. The molecule has 56 valence electrons. The van der Waals surface area contributed by atoms with E-state index in [1.54, 1.807) is 18.5 Å². The average molecular weight is 147 g/mol. The number of aromatic nitrogens is 1. The highest BCUT2D eigenvalue weighted by Crippen LogP contribution is 2.05. The van der Waals surface area contributed by atoms with Crippen molar-refractivity contribution in [2.24, 2.45) is 0 Å². The molecule has 0 saturated carbocycles. The molecule has 0 aliphatic carbocycles. The van der Waals surface area contributed by atoms with Gasteiger partial charge in [0, 0.05) is 12.4 Å². The maximum Gasteiger partial charge on any atom is 0.142 e. The van der Waals surface area contributed by atoms with Crippen LogP contribution in [0.2, 0.25) is 0 Å². The van der Waals surface area contributed by atoms with Crippen LogP contribution in [-0.4, -0.2) is 11.3 Å². The highest BCUT2D eigenvalue weighted by molar-refractivity contribution is 5.74. The molecule has 2 nitrogen and oxygen atoms in total. The molecule has 0 radical (unpaired) electrons. The summed E-state index contributed by atoms with van der Waals surface area (Å²) in [6.45, 7) is 1.96. The van der Waals surface area contributed by atoms with Gasteiger partial charge in [-0.3, -0.25) is 9.78 Å². The molecule has 0 aliphatic heterocycles. The van der Waals surface area contributed by atoms with Crippen molar-refractivity contribution in [3.8, 4) is 0 Å². The van der Waals surface area contributed by atoms with Crippen molar-refractivity contribution in [3.63, 3.8) is 0 Å². The van der Waals surface area contributed by atoms with E-state index in [1.807, 2.05) is 13.0 Å². The number of allylic oxidation sites excluding steroid dienone is 1. The monoisotopic (exact) mass is 147 g/mol. The van der Waals surface area contributed by atoms with Crippen molar-refractivity contribution < 1.29 is 4.79 Å². The fourth-order valence-electron chi connectivity index (χ4n) is 0.814. The zero-order valence-electron chi connectivity index (χ0n) is 6.32. The summed E-state index contributed by atoms with van der Waals surface area (Å²) in [7, 11) is 0. The van der Waals surface area contributed by atoms with Crippen LogP contribution in [0.5, 0.6) is 0 Å². The minimum Gasteiger partial charge on any atom is -0.299 e. The van der Waals surface area contributed by atoms with Gasteiger partial charge in [0.2, 0.25) is 0 Å². The number of nitrogens with zero attached hydrogens (tertiary/aromatic N) is 1. The fourth-order valence-corrected chi connectivity index (χ4v) is 0.814. The van der Waals surface area contributed by atoms with E-state index in [9.17, 15) is 4.79 Å². The predicted octanol–water partition coefficient (Wildman–Crippen LogP) is 1.60. The Morgan fingerprint density at radius 1 is 1.55 bits per heavy atom. The van der Waals surface area contributed by atoms with Gasteiger partial charge in [0.05, 0.1) is 0 Å². The normalized spacial score (nSPS) is 10.3. The van der Waals surface area contributed by atoms with Crippen LogP contribution < -0.4 is 0 Å². The van der Waals surface area contributed by atoms with Gasteiger partial charge in [-0.05, 0) is 30.2 Å². The summed E-state index contributed by atoms with van der Waals surface area (Å²) in [5, 5.41) is 0. The van der Waals surface area contributed by atoms with Crippen molar-refractivity contribution in [1.82, 2.24) is 4.98 Å². The number of hydrogen-bond acceptors (Lipinski definition) is 2. The van der Waals surface area contributed by atoms with Crippen molar-refractivity contribution in [2.45, 2.75) is 6.92 Å². The number of carbonyl (C=O) groups is 1. The summed E-state index contributed by atoms with van der Waals surface area (Å²) >= 11 is 0. The quantitative estimate of drug-likeness (QED) is 0.469. The summed E-state index contributed by atoms with van der Waals surface area (Å²) in [5.74, 6) is 0. The number of carbonyl (C=O) groups excluding carboxylic acids is 1. The molecule has 11 heavy (non-hydrogen) atoms. The first-order valence-electron chi connectivity index (χ1n) is 3.37. The summed E-state index contributed by atoms with van der Waals surface area (Å²) in [5.41, 5.74) is 2.11. The molecule has 1 heterocycles. The molecule has 0 fully saturated rings. The van der Waals surface area contributed by atoms with Crippen molar-refractivity contribution >= 4 is 12.4 Å². The lowest BCUT2D eigenvalue weighted by Crippen LogP contribution is -1.80. The van der Waals surface area contributed by atoms with E-state index in [-0.39, 0.29) is 0 Å². The van der Waals surface area contributed by atoms with Crippen LogP contribution in [0, 0.1) is 6.92 Å². The minimum atomic E-state index is 0.764. The van der Waals surface area contributed by atoms with E-state index in [1.165, 1.54) is 6.08 Å². The average Bonchev–Trinajstić information content (AvgIpc) is 2.03. The smallest absolute Gasteiger partial charge is 0.142 e. The van der Waals surface area contributed by atoms with E-state index in [0.717, 1.165) is 17.4 Å². The molecule has 0 N–H and O–H groups in total. The molecule has 0 atom stereocenters. The molecular weight excluding hydrogens is 138 g/mol. The number of pyridine rings is 1. The van der Waals surface area contributed by atoms with Gasteiger partial charge in [-0.25, -0.2) is 0 Å². The lowest BCUT2D eigenvalue weighted by Gasteiger charge is -1.95. The zero-order valence-corrected chi connectivity index (χ0v) is 6.32. The molecule has 0 spiro atoms. The second kappa shape index (κ2) is 3.66. The van der Waals surface area contributed by atoms with Crippen molar-refractivity contribution in [1.29, 1.82) is 0 Å². The second-order valence-electron chi connectivity index (χ2n) is 2.23. The number of rotatable bonds is 2. The molecule has 1 rings (SSSR count). The van der Waals surface area contributed by atoms with Crippen molar-refractivity contribution in [3.05, 3.63) is 35.7 Å². The Kier molecular flexibility index (Phi) is 2.55. The number of hydrogen-bond donors (Lipinski definition) is 0. The Morgan fingerprint density at radius 3 is 3.00 bits per heavy atom. The van der Waals surface area contributed by atoms with Gasteiger partial charge in [-0.15, -0.1) is 0 Å². The first-order valence-corrected chi connectivity index (χ1v) is 3.37. The van der Waals surface area contributed by atoms with E-state index in [2.05, 4.69) is 4.98 Å². The Labute approximate surface area is 65.6 Å². The second-order valence-corrected chi connectivity index (χ2v) is 2.23. The number of aryl methyl sites for hydroxylation is 1. The first-order chi connectivity index (χ1) is 5.34. The van der Waals surface area contributed by atoms with E-state index < -0.39 is 0 Å². The topological polar surface area (TPSA) is 30.0 Å². The van der Waals surface area contributed by atoms with E-state index >= 15 is 0 Å². The summed E-state index contributed by atoms with van der Waals surface area (Å²) in [4.78, 5) is 13.9. The molecule has 1 aromatic rings. The minimum absolute atomic E-state index is 0.764. The predicted molar refractivity (Wildman–Crippen MR) is 44.1 cm³/mol. The summed E-state index contributed by atoms with van der Waals surface area (Å²) in [6, 6.07) is 1.87. The standard InChI is InChI=1S/C9H9NO/c1-8-7-10-5-4-9(8)3-2-6-11/h2-7H,1H3/b3-2+. The van der Waals surface area contributed by atoms with Crippen molar-refractivity contribution in [2.75, 3.05) is 0 Å². The van der Waals surface area contributed by atoms with Gasteiger partial charge in [0.25, 0.3) is 0 Å². The van der Waals surface area contributed by atoms with Gasteiger partial charge in [0.1, 0.15) is 6.29 Å². The van der Waals surface area contributed by atoms with Gasteiger partial charge in [-0.2, -0.15) is 0 Å². The Morgan fingerprint density at radius 2 is 2.36 bits per heavy atom. The van der Waals surface area contributed by atoms with Crippen LogP contribution in [0.25, 0.3) is 6.08 Å². The molecule has 0 saturated heterocycles.